The van der Waals surface area contributed by atoms with Gasteiger partial charge in [-0.2, -0.15) is 0 Å². The molecular formula is C14H18BrF2NO. The summed E-state index contributed by atoms with van der Waals surface area (Å²) in [5.74, 6) is -1.60. The molecule has 1 amide bonds. The standard InChI is InChI=1S/C14H18BrF2NO/c1-3-9(4-2)12(15)8-18-14(19)11-6-5-10(16)7-13(11)17/h5-7,9,12H,3-4,8H2,1-2H3,(H,18,19). The van der Waals surface area contributed by atoms with Crippen LogP contribution in [-0.2, 0) is 0 Å². The number of carbonyl (C=O) groups excluding carboxylic acids is 1. The maximum absolute atomic E-state index is 13.4. The number of alkyl halides is 1. The van der Waals surface area contributed by atoms with Crippen LogP contribution >= 0.6 is 15.9 Å². The van der Waals surface area contributed by atoms with E-state index in [2.05, 4.69) is 35.1 Å². The van der Waals surface area contributed by atoms with E-state index in [0.717, 1.165) is 25.0 Å². The van der Waals surface area contributed by atoms with Gasteiger partial charge in [-0.15, -0.1) is 0 Å². The van der Waals surface area contributed by atoms with Crippen molar-refractivity contribution in [3.63, 3.8) is 0 Å². The van der Waals surface area contributed by atoms with Crippen molar-refractivity contribution in [1.82, 2.24) is 5.32 Å². The van der Waals surface area contributed by atoms with Gasteiger partial charge in [0.2, 0.25) is 0 Å². The van der Waals surface area contributed by atoms with Gasteiger partial charge in [-0.05, 0) is 18.1 Å². The van der Waals surface area contributed by atoms with Gasteiger partial charge in [0.25, 0.3) is 5.91 Å². The van der Waals surface area contributed by atoms with Gasteiger partial charge >= 0.3 is 0 Å². The minimum atomic E-state index is -0.842. The predicted molar refractivity (Wildman–Crippen MR) is 75.5 cm³/mol. The number of nitrogens with one attached hydrogen (secondary N) is 1. The summed E-state index contributed by atoms with van der Waals surface area (Å²) in [6.45, 7) is 4.59. The highest BCUT2D eigenvalue weighted by Crippen LogP contribution is 2.19. The Morgan fingerprint density at radius 1 is 1.32 bits per heavy atom. The normalized spacial score (nSPS) is 12.5. The van der Waals surface area contributed by atoms with Gasteiger partial charge in [-0.3, -0.25) is 4.79 Å². The van der Waals surface area contributed by atoms with Crippen molar-refractivity contribution in [2.45, 2.75) is 31.5 Å². The minimum absolute atomic E-state index is 0.134. The van der Waals surface area contributed by atoms with E-state index in [0.29, 0.717) is 18.5 Å². The van der Waals surface area contributed by atoms with Crippen LogP contribution in [0.2, 0.25) is 0 Å². The molecule has 1 aromatic carbocycles. The zero-order valence-electron chi connectivity index (χ0n) is 11.1. The van der Waals surface area contributed by atoms with Crippen LogP contribution in [0.3, 0.4) is 0 Å². The molecule has 0 aliphatic heterocycles. The van der Waals surface area contributed by atoms with E-state index in [-0.39, 0.29) is 10.4 Å². The highest BCUT2D eigenvalue weighted by molar-refractivity contribution is 9.09. The monoisotopic (exact) mass is 333 g/mol. The average molecular weight is 334 g/mol. The molecule has 0 aliphatic rings. The first kappa shape index (κ1) is 16.1. The molecule has 1 aromatic rings. The third-order valence-corrected chi connectivity index (χ3v) is 4.27. The highest BCUT2D eigenvalue weighted by Gasteiger charge is 2.18. The lowest BCUT2D eigenvalue weighted by Crippen LogP contribution is -2.33. The number of amides is 1. The summed E-state index contributed by atoms with van der Waals surface area (Å²) in [5.41, 5.74) is -0.134. The lowest BCUT2D eigenvalue weighted by Gasteiger charge is -2.19. The quantitative estimate of drug-likeness (QED) is 0.786. The third-order valence-electron chi connectivity index (χ3n) is 3.19. The van der Waals surface area contributed by atoms with Crippen molar-refractivity contribution < 1.29 is 13.6 Å². The van der Waals surface area contributed by atoms with Crippen LogP contribution in [0.5, 0.6) is 0 Å². The van der Waals surface area contributed by atoms with Crippen molar-refractivity contribution in [1.29, 1.82) is 0 Å². The fraction of sp³-hybridized carbons (Fsp3) is 0.500. The number of benzene rings is 1. The van der Waals surface area contributed by atoms with Gasteiger partial charge in [0.15, 0.2) is 0 Å². The summed E-state index contributed by atoms with van der Waals surface area (Å²) in [4.78, 5) is 11.9. The second-order valence-electron chi connectivity index (χ2n) is 4.43. The van der Waals surface area contributed by atoms with E-state index in [4.69, 9.17) is 0 Å². The van der Waals surface area contributed by atoms with Gasteiger partial charge < -0.3 is 5.32 Å². The second kappa shape index (κ2) is 7.58. The first-order valence-electron chi connectivity index (χ1n) is 6.36. The van der Waals surface area contributed by atoms with Crippen LogP contribution in [0.15, 0.2) is 18.2 Å². The zero-order chi connectivity index (χ0) is 14.4. The summed E-state index contributed by atoms with van der Waals surface area (Å²) < 4.78 is 26.1. The molecule has 0 aliphatic carbocycles. The molecule has 19 heavy (non-hydrogen) atoms. The van der Waals surface area contributed by atoms with Gasteiger partial charge in [-0.25, -0.2) is 8.78 Å². The van der Waals surface area contributed by atoms with E-state index in [1.165, 1.54) is 0 Å². The van der Waals surface area contributed by atoms with Crippen molar-refractivity contribution >= 4 is 21.8 Å². The molecule has 1 atom stereocenters. The number of hydrogen-bond donors (Lipinski definition) is 1. The number of rotatable bonds is 6. The molecule has 1 N–H and O–H groups in total. The molecule has 0 saturated carbocycles. The average Bonchev–Trinajstić information content (AvgIpc) is 2.37. The van der Waals surface area contributed by atoms with Crippen molar-refractivity contribution in [3.8, 4) is 0 Å². The molecule has 2 nitrogen and oxygen atoms in total. The maximum Gasteiger partial charge on any atom is 0.254 e. The van der Waals surface area contributed by atoms with Gasteiger partial charge in [0.05, 0.1) is 5.56 Å². The van der Waals surface area contributed by atoms with Crippen LogP contribution in [0.4, 0.5) is 8.78 Å². The predicted octanol–water partition coefficient (Wildman–Crippen LogP) is 3.89. The summed E-state index contributed by atoms with van der Waals surface area (Å²) in [6.07, 6.45) is 2.01. The fourth-order valence-electron chi connectivity index (χ4n) is 1.93. The van der Waals surface area contributed by atoms with E-state index in [1.807, 2.05) is 0 Å². The Morgan fingerprint density at radius 2 is 1.95 bits per heavy atom. The lowest BCUT2D eigenvalue weighted by molar-refractivity contribution is 0.0948. The largest absolute Gasteiger partial charge is 0.351 e. The summed E-state index contributed by atoms with van der Waals surface area (Å²) in [6, 6.07) is 2.94. The van der Waals surface area contributed by atoms with E-state index in [9.17, 15) is 13.6 Å². The fourth-order valence-corrected chi connectivity index (χ4v) is 2.84. The molecule has 5 heteroatoms. The molecule has 1 unspecified atom stereocenters. The third kappa shape index (κ3) is 4.56. The first-order valence-corrected chi connectivity index (χ1v) is 7.28. The Morgan fingerprint density at radius 3 is 2.47 bits per heavy atom. The van der Waals surface area contributed by atoms with Gasteiger partial charge in [0.1, 0.15) is 11.6 Å². The van der Waals surface area contributed by atoms with Crippen LogP contribution < -0.4 is 5.32 Å². The van der Waals surface area contributed by atoms with E-state index >= 15 is 0 Å². The molecule has 0 spiro atoms. The Hall–Kier alpha value is -0.970. The van der Waals surface area contributed by atoms with Gasteiger partial charge in [0, 0.05) is 17.4 Å². The van der Waals surface area contributed by atoms with E-state index < -0.39 is 17.5 Å². The summed E-state index contributed by atoms with van der Waals surface area (Å²) in [7, 11) is 0. The van der Waals surface area contributed by atoms with Crippen LogP contribution in [0, 0.1) is 17.6 Å². The highest BCUT2D eigenvalue weighted by atomic mass is 79.9. The smallest absolute Gasteiger partial charge is 0.254 e. The first-order chi connectivity index (χ1) is 8.99. The SMILES string of the molecule is CCC(CC)C(Br)CNC(=O)c1ccc(F)cc1F. The lowest BCUT2D eigenvalue weighted by atomic mass is 9.99. The second-order valence-corrected chi connectivity index (χ2v) is 5.60. The number of carbonyl (C=O) groups is 1. The van der Waals surface area contributed by atoms with Crippen LogP contribution in [0.1, 0.15) is 37.0 Å². The van der Waals surface area contributed by atoms with Crippen molar-refractivity contribution in [3.05, 3.63) is 35.4 Å². The summed E-state index contributed by atoms with van der Waals surface area (Å²) >= 11 is 3.53. The molecule has 0 radical (unpaired) electrons. The minimum Gasteiger partial charge on any atom is -0.351 e. The molecule has 0 aromatic heterocycles. The molecular weight excluding hydrogens is 316 g/mol. The Labute approximate surface area is 120 Å². The summed E-state index contributed by atoms with van der Waals surface area (Å²) in [5, 5.41) is 2.66. The van der Waals surface area contributed by atoms with Crippen LogP contribution in [0.25, 0.3) is 0 Å². The van der Waals surface area contributed by atoms with Crippen molar-refractivity contribution in [2.24, 2.45) is 5.92 Å². The topological polar surface area (TPSA) is 29.1 Å². The molecule has 0 fully saturated rings. The Bertz CT molecular complexity index is 435. The molecule has 0 bridgehead atoms. The molecule has 1 rings (SSSR count). The Balaban J connectivity index is 2.60. The van der Waals surface area contributed by atoms with E-state index in [1.54, 1.807) is 0 Å². The number of halogens is 3. The molecule has 0 saturated heterocycles. The molecule has 0 heterocycles. The van der Waals surface area contributed by atoms with Crippen LogP contribution in [-0.4, -0.2) is 17.3 Å². The molecule has 106 valence electrons. The number of hydrogen-bond acceptors (Lipinski definition) is 1. The van der Waals surface area contributed by atoms with Crippen molar-refractivity contribution in [2.75, 3.05) is 6.54 Å². The zero-order valence-corrected chi connectivity index (χ0v) is 12.6. The van der Waals surface area contributed by atoms with Gasteiger partial charge in [-0.1, -0.05) is 42.6 Å². The Kier molecular flexibility index (Phi) is 6.42. The maximum atomic E-state index is 13.4.